The number of nitrogens with zero attached hydrogens (tertiary/aromatic N) is 4. The average molecular weight is 328 g/mol. The molecule has 2 amide bonds. The quantitative estimate of drug-likeness (QED) is 0.825. The Balaban J connectivity index is 1.34. The molecule has 2 aliphatic rings. The van der Waals surface area contributed by atoms with Gasteiger partial charge in [-0.25, -0.2) is 4.98 Å². The number of imidazole rings is 1. The van der Waals surface area contributed by atoms with Crippen molar-refractivity contribution < 1.29 is 14.0 Å². The molecule has 1 fully saturated rings. The van der Waals surface area contributed by atoms with Crippen LogP contribution < -0.4 is 0 Å². The molecule has 4 rings (SSSR count). The monoisotopic (exact) mass is 328 g/mol. The van der Waals surface area contributed by atoms with Crippen molar-refractivity contribution in [1.29, 1.82) is 0 Å². The zero-order valence-electron chi connectivity index (χ0n) is 13.4. The van der Waals surface area contributed by atoms with E-state index in [1.165, 1.54) is 6.26 Å². The molecular weight excluding hydrogens is 308 g/mol. The first-order chi connectivity index (χ1) is 11.7. The fourth-order valence-corrected chi connectivity index (χ4v) is 3.52. The molecule has 24 heavy (non-hydrogen) atoms. The van der Waals surface area contributed by atoms with Crippen LogP contribution in [0.5, 0.6) is 0 Å². The van der Waals surface area contributed by atoms with Crippen LogP contribution in [-0.4, -0.2) is 57.3 Å². The van der Waals surface area contributed by atoms with E-state index < -0.39 is 0 Å². The normalized spacial score (nSPS) is 20.8. The summed E-state index contributed by atoms with van der Waals surface area (Å²) < 4.78 is 7.28. The standard InChI is InChI=1S/C17H20N4O3/c22-16(13-3-4-21-12-18-11-14(21)10-13)19-5-7-20(8-6-19)17(23)15-2-1-9-24-15/h1-2,9,11-13H,3-8,10H2. The first-order valence-electron chi connectivity index (χ1n) is 8.33. The first kappa shape index (κ1) is 15.0. The molecule has 0 aliphatic carbocycles. The summed E-state index contributed by atoms with van der Waals surface area (Å²) in [7, 11) is 0. The summed E-state index contributed by atoms with van der Waals surface area (Å²) in [5.74, 6) is 0.484. The summed E-state index contributed by atoms with van der Waals surface area (Å²) in [6.07, 6.45) is 6.79. The van der Waals surface area contributed by atoms with Crippen LogP contribution in [0.2, 0.25) is 0 Å². The van der Waals surface area contributed by atoms with E-state index >= 15 is 0 Å². The second-order valence-electron chi connectivity index (χ2n) is 6.36. The number of piperazine rings is 1. The predicted octanol–water partition coefficient (Wildman–Crippen LogP) is 1.02. The third-order valence-electron chi connectivity index (χ3n) is 4.93. The van der Waals surface area contributed by atoms with Crippen molar-refractivity contribution in [1.82, 2.24) is 19.4 Å². The number of rotatable bonds is 2. The van der Waals surface area contributed by atoms with E-state index in [1.54, 1.807) is 17.0 Å². The lowest BCUT2D eigenvalue weighted by atomic mass is 9.94. The second-order valence-corrected chi connectivity index (χ2v) is 6.36. The Morgan fingerprint density at radius 1 is 1.12 bits per heavy atom. The van der Waals surface area contributed by atoms with E-state index in [4.69, 9.17) is 4.42 Å². The summed E-state index contributed by atoms with van der Waals surface area (Å²) in [6.45, 7) is 3.12. The Kier molecular flexibility index (Phi) is 3.84. The zero-order valence-corrected chi connectivity index (χ0v) is 13.4. The Labute approximate surface area is 139 Å². The van der Waals surface area contributed by atoms with Gasteiger partial charge in [-0.2, -0.15) is 0 Å². The van der Waals surface area contributed by atoms with Crippen molar-refractivity contribution in [2.75, 3.05) is 26.2 Å². The Morgan fingerprint density at radius 2 is 1.92 bits per heavy atom. The van der Waals surface area contributed by atoms with E-state index in [9.17, 15) is 9.59 Å². The number of carbonyl (C=O) groups excluding carboxylic acids is 2. The highest BCUT2D eigenvalue weighted by atomic mass is 16.3. The van der Waals surface area contributed by atoms with Crippen LogP contribution in [0.1, 0.15) is 22.7 Å². The first-order valence-corrected chi connectivity index (χ1v) is 8.33. The van der Waals surface area contributed by atoms with Crippen LogP contribution in [-0.2, 0) is 17.8 Å². The third-order valence-corrected chi connectivity index (χ3v) is 4.93. The second kappa shape index (κ2) is 6.14. The molecule has 1 saturated heterocycles. The number of amides is 2. The summed E-state index contributed by atoms with van der Waals surface area (Å²) in [5.41, 5.74) is 1.13. The Bertz CT molecular complexity index is 729. The molecule has 2 aliphatic heterocycles. The average Bonchev–Trinajstić information content (AvgIpc) is 3.31. The number of aryl methyl sites for hydroxylation is 1. The van der Waals surface area contributed by atoms with Crippen LogP contribution in [0.4, 0.5) is 0 Å². The molecule has 0 radical (unpaired) electrons. The van der Waals surface area contributed by atoms with Gasteiger partial charge >= 0.3 is 0 Å². The van der Waals surface area contributed by atoms with Gasteiger partial charge in [-0.3, -0.25) is 9.59 Å². The minimum atomic E-state index is -0.103. The lowest BCUT2D eigenvalue weighted by molar-refractivity contribution is -0.137. The SMILES string of the molecule is O=C(c1ccco1)N1CCN(C(=O)C2CCn3cncc3C2)CC1. The molecule has 4 heterocycles. The molecular formula is C17H20N4O3. The fraction of sp³-hybridized carbons (Fsp3) is 0.471. The molecule has 1 atom stereocenters. The number of aromatic nitrogens is 2. The van der Waals surface area contributed by atoms with Gasteiger partial charge in [0.05, 0.1) is 12.6 Å². The predicted molar refractivity (Wildman–Crippen MR) is 85.2 cm³/mol. The van der Waals surface area contributed by atoms with Crippen LogP contribution in [0.25, 0.3) is 0 Å². The highest BCUT2D eigenvalue weighted by molar-refractivity contribution is 5.91. The molecule has 2 aromatic rings. The van der Waals surface area contributed by atoms with Crippen molar-refractivity contribution in [2.24, 2.45) is 5.92 Å². The van der Waals surface area contributed by atoms with Gasteiger partial charge in [0.15, 0.2) is 5.76 Å². The number of carbonyl (C=O) groups is 2. The zero-order chi connectivity index (χ0) is 16.5. The lowest BCUT2D eigenvalue weighted by Gasteiger charge is -2.37. The third kappa shape index (κ3) is 2.70. The molecule has 7 nitrogen and oxygen atoms in total. The number of hydrogen-bond acceptors (Lipinski definition) is 4. The van der Waals surface area contributed by atoms with Gasteiger partial charge in [0.25, 0.3) is 5.91 Å². The maximum Gasteiger partial charge on any atom is 0.289 e. The highest BCUT2D eigenvalue weighted by Gasteiger charge is 2.31. The minimum absolute atomic E-state index is 0.0292. The van der Waals surface area contributed by atoms with Crippen LogP contribution >= 0.6 is 0 Å². The highest BCUT2D eigenvalue weighted by Crippen LogP contribution is 2.22. The van der Waals surface area contributed by atoms with E-state index in [1.807, 2.05) is 17.4 Å². The van der Waals surface area contributed by atoms with Crippen molar-refractivity contribution in [2.45, 2.75) is 19.4 Å². The number of fused-ring (bicyclic) bond motifs is 1. The summed E-state index contributed by atoms with van der Waals surface area (Å²) in [5, 5.41) is 0. The van der Waals surface area contributed by atoms with E-state index in [0.29, 0.717) is 31.9 Å². The Morgan fingerprint density at radius 3 is 2.67 bits per heavy atom. The summed E-state index contributed by atoms with van der Waals surface area (Å²) >= 11 is 0. The molecule has 0 bridgehead atoms. The number of furan rings is 1. The smallest absolute Gasteiger partial charge is 0.289 e. The molecule has 0 N–H and O–H groups in total. The molecule has 2 aromatic heterocycles. The van der Waals surface area contributed by atoms with Gasteiger partial charge in [0, 0.05) is 57.0 Å². The molecule has 126 valence electrons. The fourth-order valence-electron chi connectivity index (χ4n) is 3.52. The van der Waals surface area contributed by atoms with Gasteiger partial charge in [0.2, 0.25) is 5.91 Å². The van der Waals surface area contributed by atoms with Gasteiger partial charge < -0.3 is 18.8 Å². The molecule has 7 heteroatoms. The van der Waals surface area contributed by atoms with Gasteiger partial charge in [-0.15, -0.1) is 0 Å². The Hall–Kier alpha value is -2.57. The van der Waals surface area contributed by atoms with Crippen LogP contribution in [0.15, 0.2) is 35.3 Å². The van der Waals surface area contributed by atoms with Crippen molar-refractivity contribution in [3.63, 3.8) is 0 Å². The van der Waals surface area contributed by atoms with Crippen molar-refractivity contribution in [3.05, 3.63) is 42.4 Å². The maximum absolute atomic E-state index is 12.8. The topological polar surface area (TPSA) is 71.6 Å². The van der Waals surface area contributed by atoms with Crippen molar-refractivity contribution >= 4 is 11.8 Å². The molecule has 1 unspecified atom stereocenters. The summed E-state index contributed by atoms with van der Waals surface area (Å²) in [6, 6.07) is 3.38. The van der Waals surface area contributed by atoms with Gasteiger partial charge in [-0.1, -0.05) is 0 Å². The number of hydrogen-bond donors (Lipinski definition) is 0. The molecule has 0 aromatic carbocycles. The largest absolute Gasteiger partial charge is 0.459 e. The van der Waals surface area contributed by atoms with E-state index in [0.717, 1.165) is 25.1 Å². The van der Waals surface area contributed by atoms with Crippen molar-refractivity contribution in [3.8, 4) is 0 Å². The van der Waals surface area contributed by atoms with Gasteiger partial charge in [0.1, 0.15) is 0 Å². The van der Waals surface area contributed by atoms with E-state index in [-0.39, 0.29) is 17.7 Å². The molecule has 0 spiro atoms. The lowest BCUT2D eigenvalue weighted by Crippen LogP contribution is -2.52. The van der Waals surface area contributed by atoms with E-state index in [2.05, 4.69) is 9.55 Å². The van der Waals surface area contributed by atoms with Crippen LogP contribution in [0, 0.1) is 5.92 Å². The molecule has 0 saturated carbocycles. The van der Waals surface area contributed by atoms with Crippen LogP contribution in [0.3, 0.4) is 0 Å². The minimum Gasteiger partial charge on any atom is -0.459 e. The van der Waals surface area contributed by atoms with Gasteiger partial charge in [-0.05, 0) is 18.6 Å². The maximum atomic E-state index is 12.8. The summed E-state index contributed by atoms with van der Waals surface area (Å²) in [4.78, 5) is 32.8.